The standard InChI is InChI=1S/C8H13NO/c1-6-4-5-8(10-6)7(2)9-3/h4-5,7,9H,1-3H3/t7-/m1/s1. The van der Waals surface area contributed by atoms with Crippen LogP contribution < -0.4 is 5.32 Å². The quantitative estimate of drug-likeness (QED) is 0.676. The first kappa shape index (κ1) is 7.35. The minimum atomic E-state index is 0.314. The molecular formula is C8H13NO. The van der Waals surface area contributed by atoms with Gasteiger partial charge in [0.15, 0.2) is 0 Å². The van der Waals surface area contributed by atoms with Crippen LogP contribution >= 0.6 is 0 Å². The number of hydrogen-bond donors (Lipinski definition) is 1. The van der Waals surface area contributed by atoms with Crippen molar-refractivity contribution in [3.8, 4) is 0 Å². The Hall–Kier alpha value is -0.760. The smallest absolute Gasteiger partial charge is 0.120 e. The minimum Gasteiger partial charge on any atom is -0.465 e. The SMILES string of the molecule is CN[C@H](C)c1ccc(C)o1. The van der Waals surface area contributed by atoms with Crippen LogP contribution in [0, 0.1) is 6.92 Å². The first-order valence-corrected chi connectivity index (χ1v) is 3.47. The van der Waals surface area contributed by atoms with Crippen molar-refractivity contribution in [2.75, 3.05) is 7.05 Å². The average molecular weight is 139 g/mol. The lowest BCUT2D eigenvalue weighted by atomic mass is 10.3. The predicted molar refractivity (Wildman–Crippen MR) is 40.9 cm³/mol. The molecule has 0 spiro atoms. The van der Waals surface area contributed by atoms with Crippen molar-refractivity contribution in [3.63, 3.8) is 0 Å². The van der Waals surface area contributed by atoms with Gasteiger partial charge in [0.1, 0.15) is 11.5 Å². The van der Waals surface area contributed by atoms with Gasteiger partial charge in [-0.1, -0.05) is 0 Å². The monoisotopic (exact) mass is 139 g/mol. The lowest BCUT2D eigenvalue weighted by Crippen LogP contribution is -2.10. The highest BCUT2D eigenvalue weighted by atomic mass is 16.3. The Labute approximate surface area is 61.2 Å². The summed E-state index contributed by atoms with van der Waals surface area (Å²) in [6, 6.07) is 4.29. The molecule has 0 bridgehead atoms. The van der Waals surface area contributed by atoms with Crippen LogP contribution in [-0.4, -0.2) is 7.05 Å². The van der Waals surface area contributed by atoms with Crippen LogP contribution in [-0.2, 0) is 0 Å². The molecule has 0 saturated heterocycles. The van der Waals surface area contributed by atoms with Gasteiger partial charge in [-0.3, -0.25) is 0 Å². The summed E-state index contributed by atoms with van der Waals surface area (Å²) in [7, 11) is 1.92. The van der Waals surface area contributed by atoms with Gasteiger partial charge in [0.25, 0.3) is 0 Å². The van der Waals surface area contributed by atoms with E-state index in [1.54, 1.807) is 0 Å². The predicted octanol–water partition coefficient (Wildman–Crippen LogP) is 1.87. The number of furan rings is 1. The van der Waals surface area contributed by atoms with E-state index in [9.17, 15) is 0 Å². The molecule has 0 saturated carbocycles. The van der Waals surface area contributed by atoms with Crippen LogP contribution in [0.4, 0.5) is 0 Å². The molecule has 0 aliphatic rings. The van der Waals surface area contributed by atoms with Crippen LogP contribution in [0.2, 0.25) is 0 Å². The maximum atomic E-state index is 5.37. The van der Waals surface area contributed by atoms with Crippen LogP contribution in [0.5, 0.6) is 0 Å². The molecule has 1 aromatic rings. The molecule has 1 heterocycles. The van der Waals surface area contributed by atoms with Crippen LogP contribution in [0.3, 0.4) is 0 Å². The molecule has 56 valence electrons. The zero-order valence-electron chi connectivity index (χ0n) is 6.64. The van der Waals surface area contributed by atoms with E-state index in [4.69, 9.17) is 4.42 Å². The second-order valence-corrected chi connectivity index (χ2v) is 2.46. The van der Waals surface area contributed by atoms with Crippen LogP contribution in [0.25, 0.3) is 0 Å². The Morgan fingerprint density at radius 2 is 2.20 bits per heavy atom. The van der Waals surface area contributed by atoms with E-state index in [1.807, 2.05) is 26.1 Å². The van der Waals surface area contributed by atoms with Crippen LogP contribution in [0.1, 0.15) is 24.5 Å². The zero-order chi connectivity index (χ0) is 7.56. The van der Waals surface area contributed by atoms with Crippen molar-refractivity contribution in [2.24, 2.45) is 0 Å². The summed E-state index contributed by atoms with van der Waals surface area (Å²) >= 11 is 0. The Kier molecular flexibility index (Phi) is 2.12. The lowest BCUT2D eigenvalue weighted by molar-refractivity contribution is 0.432. The number of aryl methyl sites for hydroxylation is 1. The third-order valence-electron chi connectivity index (χ3n) is 1.62. The number of rotatable bonds is 2. The Balaban J connectivity index is 2.74. The summed E-state index contributed by atoms with van der Waals surface area (Å²) in [5.74, 6) is 1.97. The molecule has 2 nitrogen and oxygen atoms in total. The average Bonchev–Trinajstić information content (AvgIpc) is 2.34. The molecule has 2 heteroatoms. The second kappa shape index (κ2) is 2.88. The van der Waals surface area contributed by atoms with Crippen molar-refractivity contribution >= 4 is 0 Å². The van der Waals surface area contributed by atoms with E-state index in [-0.39, 0.29) is 0 Å². The fourth-order valence-corrected chi connectivity index (χ4v) is 0.828. The Morgan fingerprint density at radius 3 is 2.60 bits per heavy atom. The van der Waals surface area contributed by atoms with Gasteiger partial charge < -0.3 is 9.73 Å². The number of nitrogens with one attached hydrogen (secondary N) is 1. The highest BCUT2D eigenvalue weighted by Crippen LogP contribution is 2.14. The van der Waals surface area contributed by atoms with Gasteiger partial charge in [0, 0.05) is 0 Å². The van der Waals surface area contributed by atoms with Crippen molar-refractivity contribution < 1.29 is 4.42 Å². The van der Waals surface area contributed by atoms with Gasteiger partial charge >= 0.3 is 0 Å². The van der Waals surface area contributed by atoms with Gasteiger partial charge in [-0.15, -0.1) is 0 Å². The third-order valence-corrected chi connectivity index (χ3v) is 1.62. The van der Waals surface area contributed by atoms with Crippen molar-refractivity contribution in [3.05, 3.63) is 23.7 Å². The normalized spacial score (nSPS) is 13.5. The summed E-state index contributed by atoms with van der Waals surface area (Å²) in [6.45, 7) is 4.02. The van der Waals surface area contributed by atoms with Crippen molar-refractivity contribution in [2.45, 2.75) is 19.9 Å². The topological polar surface area (TPSA) is 25.2 Å². The molecule has 0 unspecified atom stereocenters. The van der Waals surface area contributed by atoms with E-state index in [2.05, 4.69) is 12.2 Å². The molecular weight excluding hydrogens is 126 g/mol. The molecule has 10 heavy (non-hydrogen) atoms. The van der Waals surface area contributed by atoms with Crippen molar-refractivity contribution in [1.82, 2.24) is 5.32 Å². The van der Waals surface area contributed by atoms with E-state index in [0.29, 0.717) is 6.04 Å². The van der Waals surface area contributed by atoms with E-state index >= 15 is 0 Å². The van der Waals surface area contributed by atoms with Gasteiger partial charge in [-0.25, -0.2) is 0 Å². The van der Waals surface area contributed by atoms with Gasteiger partial charge in [-0.05, 0) is 33.0 Å². The molecule has 0 aliphatic heterocycles. The molecule has 1 aromatic heterocycles. The molecule has 1 rings (SSSR count). The van der Waals surface area contributed by atoms with E-state index in [1.165, 1.54) is 0 Å². The van der Waals surface area contributed by atoms with Gasteiger partial charge in [0.2, 0.25) is 0 Å². The molecule has 0 amide bonds. The van der Waals surface area contributed by atoms with E-state index in [0.717, 1.165) is 11.5 Å². The van der Waals surface area contributed by atoms with Crippen LogP contribution in [0.15, 0.2) is 16.5 Å². The molecule has 0 aliphatic carbocycles. The fourth-order valence-electron chi connectivity index (χ4n) is 0.828. The molecule has 0 fully saturated rings. The lowest BCUT2D eigenvalue weighted by Gasteiger charge is -2.04. The summed E-state index contributed by atoms with van der Waals surface area (Å²) in [6.07, 6.45) is 0. The summed E-state index contributed by atoms with van der Waals surface area (Å²) in [4.78, 5) is 0. The number of hydrogen-bond acceptors (Lipinski definition) is 2. The first-order valence-electron chi connectivity index (χ1n) is 3.47. The van der Waals surface area contributed by atoms with Gasteiger partial charge in [-0.2, -0.15) is 0 Å². The third kappa shape index (κ3) is 1.39. The Morgan fingerprint density at radius 1 is 1.50 bits per heavy atom. The highest BCUT2D eigenvalue weighted by Gasteiger charge is 2.04. The minimum absolute atomic E-state index is 0.314. The molecule has 1 N–H and O–H groups in total. The molecule has 0 aromatic carbocycles. The summed E-state index contributed by atoms with van der Waals surface area (Å²) < 4.78 is 5.37. The second-order valence-electron chi connectivity index (χ2n) is 2.46. The first-order chi connectivity index (χ1) is 4.74. The molecule has 1 atom stereocenters. The Bertz CT molecular complexity index is 205. The zero-order valence-corrected chi connectivity index (χ0v) is 6.64. The highest BCUT2D eigenvalue weighted by molar-refractivity contribution is 5.08. The fraction of sp³-hybridized carbons (Fsp3) is 0.500. The van der Waals surface area contributed by atoms with E-state index < -0.39 is 0 Å². The van der Waals surface area contributed by atoms with Gasteiger partial charge in [0.05, 0.1) is 6.04 Å². The summed E-state index contributed by atoms with van der Waals surface area (Å²) in [5.41, 5.74) is 0. The largest absolute Gasteiger partial charge is 0.465 e. The van der Waals surface area contributed by atoms with Crippen molar-refractivity contribution in [1.29, 1.82) is 0 Å². The maximum Gasteiger partial charge on any atom is 0.120 e. The summed E-state index contributed by atoms with van der Waals surface area (Å²) in [5, 5.41) is 3.10. The maximum absolute atomic E-state index is 5.37. The molecule has 0 radical (unpaired) electrons.